The summed E-state index contributed by atoms with van der Waals surface area (Å²) >= 11 is 1.51. The van der Waals surface area contributed by atoms with Crippen LogP contribution in [0, 0.1) is 6.92 Å². The number of hydrogen-bond acceptors (Lipinski definition) is 4. The minimum absolute atomic E-state index is 0.152. The number of benzene rings is 1. The highest BCUT2D eigenvalue weighted by Gasteiger charge is 2.30. The van der Waals surface area contributed by atoms with Gasteiger partial charge in [-0.25, -0.2) is 13.4 Å². The summed E-state index contributed by atoms with van der Waals surface area (Å²) in [6, 6.07) is 4.24. The largest absolute Gasteiger partial charge is 0.416 e. The minimum Gasteiger partial charge on any atom is -0.246 e. The maximum Gasteiger partial charge on any atom is 0.416 e. The Balaban J connectivity index is 2.07. The van der Waals surface area contributed by atoms with E-state index in [0.29, 0.717) is 5.56 Å². The van der Waals surface area contributed by atoms with Crippen LogP contribution in [0.4, 0.5) is 13.2 Å². The van der Waals surface area contributed by atoms with Crippen LogP contribution >= 0.6 is 11.3 Å². The summed E-state index contributed by atoms with van der Waals surface area (Å²) in [5.41, 5.74) is 0.635. The number of halogens is 3. The van der Waals surface area contributed by atoms with Crippen LogP contribution in [0.1, 0.15) is 46.6 Å². The third-order valence-electron chi connectivity index (χ3n) is 4.47. The summed E-state index contributed by atoms with van der Waals surface area (Å²) < 4.78 is 64.5. The number of nitrogens with zero attached hydrogens (tertiary/aromatic N) is 2. The van der Waals surface area contributed by atoms with Crippen LogP contribution in [0.2, 0.25) is 0 Å². The third-order valence-corrected chi connectivity index (χ3v) is 7.86. The molecule has 0 bridgehead atoms. The van der Waals surface area contributed by atoms with Gasteiger partial charge in [0.25, 0.3) is 0 Å². The summed E-state index contributed by atoms with van der Waals surface area (Å²) in [5, 5.41) is 0.963. The molecule has 0 N–H and O–H groups in total. The van der Waals surface area contributed by atoms with Gasteiger partial charge in [0.2, 0.25) is 10.0 Å². The van der Waals surface area contributed by atoms with Crippen molar-refractivity contribution in [2.24, 2.45) is 0 Å². The molecule has 1 aromatic carbocycles. The Morgan fingerprint density at radius 2 is 1.81 bits per heavy atom. The van der Waals surface area contributed by atoms with Crippen molar-refractivity contribution >= 4 is 21.4 Å². The second kappa shape index (κ2) is 8.28. The number of hydrogen-bond donors (Lipinski definition) is 0. The average molecular weight is 421 g/mol. The van der Waals surface area contributed by atoms with Crippen LogP contribution in [0.5, 0.6) is 0 Å². The number of aromatic nitrogens is 1. The zero-order chi connectivity index (χ0) is 20.4. The van der Waals surface area contributed by atoms with Crippen molar-refractivity contribution in [1.82, 2.24) is 9.29 Å². The number of sulfonamides is 1. The van der Waals surface area contributed by atoms with Gasteiger partial charge in [0.15, 0.2) is 0 Å². The van der Waals surface area contributed by atoms with E-state index in [4.69, 9.17) is 0 Å². The molecule has 4 nitrogen and oxygen atoms in total. The van der Waals surface area contributed by atoms with Gasteiger partial charge in [-0.3, -0.25) is 0 Å². The van der Waals surface area contributed by atoms with Gasteiger partial charge in [-0.15, -0.1) is 11.3 Å². The van der Waals surface area contributed by atoms with Gasteiger partial charge >= 0.3 is 6.18 Å². The topological polar surface area (TPSA) is 50.3 Å². The highest BCUT2D eigenvalue weighted by atomic mass is 32.2. The molecule has 1 aromatic heterocycles. The molecule has 0 fully saturated rings. The molecule has 0 saturated carbocycles. The Hall–Kier alpha value is -1.45. The molecular weight excluding hydrogens is 397 g/mol. The van der Waals surface area contributed by atoms with E-state index in [1.54, 1.807) is 0 Å². The molecule has 0 aliphatic rings. The molecule has 9 heteroatoms. The van der Waals surface area contributed by atoms with Gasteiger partial charge in [0.1, 0.15) is 0 Å². The number of alkyl halides is 3. The highest BCUT2D eigenvalue weighted by Crippen LogP contribution is 2.31. The third kappa shape index (κ3) is 5.30. The molecule has 0 saturated heterocycles. The Morgan fingerprint density at radius 3 is 2.30 bits per heavy atom. The molecule has 1 heterocycles. The van der Waals surface area contributed by atoms with E-state index in [-0.39, 0.29) is 18.2 Å². The molecule has 0 aliphatic carbocycles. The van der Waals surface area contributed by atoms with E-state index in [1.807, 2.05) is 20.8 Å². The number of rotatable bonds is 7. The van der Waals surface area contributed by atoms with Gasteiger partial charge in [0, 0.05) is 11.9 Å². The minimum atomic E-state index is -4.40. The molecule has 1 unspecified atom stereocenters. The second-order valence-corrected chi connectivity index (χ2v) is 9.63. The summed E-state index contributed by atoms with van der Waals surface area (Å²) in [6.45, 7) is 5.68. The van der Waals surface area contributed by atoms with E-state index >= 15 is 0 Å². The fourth-order valence-corrected chi connectivity index (χ4v) is 5.20. The maximum atomic E-state index is 12.7. The van der Waals surface area contributed by atoms with Crippen molar-refractivity contribution in [1.29, 1.82) is 0 Å². The normalized spacial score (nSPS) is 13.9. The van der Waals surface area contributed by atoms with Crippen molar-refractivity contribution in [3.8, 4) is 0 Å². The van der Waals surface area contributed by atoms with Crippen molar-refractivity contribution < 1.29 is 21.6 Å². The smallest absolute Gasteiger partial charge is 0.246 e. The lowest BCUT2D eigenvalue weighted by Crippen LogP contribution is -2.32. The van der Waals surface area contributed by atoms with Crippen molar-refractivity contribution in [2.45, 2.75) is 45.8 Å². The summed E-state index contributed by atoms with van der Waals surface area (Å²) in [5.74, 6) is -0.169. The van der Waals surface area contributed by atoms with Gasteiger partial charge in [-0.05, 0) is 44.4 Å². The summed E-state index contributed by atoms with van der Waals surface area (Å²) in [7, 11) is -2.04. The average Bonchev–Trinajstić information content (AvgIpc) is 2.99. The van der Waals surface area contributed by atoms with E-state index in [0.717, 1.165) is 34.1 Å². The molecule has 0 amide bonds. The first-order valence-corrected chi connectivity index (χ1v) is 11.0. The van der Waals surface area contributed by atoms with Crippen LogP contribution in [-0.2, 0) is 29.0 Å². The van der Waals surface area contributed by atoms with Crippen LogP contribution in [0.15, 0.2) is 24.3 Å². The Morgan fingerprint density at radius 1 is 1.22 bits per heavy atom. The fourth-order valence-electron chi connectivity index (χ4n) is 2.66. The lowest BCUT2D eigenvalue weighted by Gasteiger charge is -2.24. The van der Waals surface area contributed by atoms with Gasteiger partial charge in [0.05, 0.1) is 28.1 Å². The van der Waals surface area contributed by atoms with Crippen molar-refractivity contribution in [2.75, 3.05) is 12.8 Å². The Kier molecular flexibility index (Phi) is 6.70. The molecule has 0 spiro atoms. The van der Waals surface area contributed by atoms with E-state index in [2.05, 4.69) is 4.98 Å². The van der Waals surface area contributed by atoms with E-state index in [9.17, 15) is 21.6 Å². The van der Waals surface area contributed by atoms with Crippen molar-refractivity contribution in [3.63, 3.8) is 0 Å². The molecular formula is C18H23F3N2O2S2. The first-order chi connectivity index (χ1) is 12.5. The fraction of sp³-hybridized carbons (Fsp3) is 0.500. The molecule has 0 radical (unpaired) electrons. The van der Waals surface area contributed by atoms with E-state index < -0.39 is 21.8 Å². The second-order valence-electron chi connectivity index (χ2n) is 6.36. The summed E-state index contributed by atoms with van der Waals surface area (Å²) in [4.78, 5) is 5.35. The molecule has 27 heavy (non-hydrogen) atoms. The van der Waals surface area contributed by atoms with Crippen LogP contribution in [0.3, 0.4) is 0 Å². The van der Waals surface area contributed by atoms with Crippen LogP contribution in [-0.4, -0.2) is 30.5 Å². The Bertz CT molecular complexity index is 875. The van der Waals surface area contributed by atoms with Crippen LogP contribution < -0.4 is 0 Å². The van der Waals surface area contributed by atoms with Gasteiger partial charge in [-0.1, -0.05) is 19.1 Å². The van der Waals surface area contributed by atoms with Crippen LogP contribution in [0.25, 0.3) is 0 Å². The monoisotopic (exact) mass is 420 g/mol. The first kappa shape index (κ1) is 21.8. The maximum absolute atomic E-state index is 12.7. The molecule has 150 valence electrons. The quantitative estimate of drug-likeness (QED) is 0.658. The molecule has 0 aliphatic heterocycles. The van der Waals surface area contributed by atoms with E-state index in [1.165, 1.54) is 34.8 Å². The van der Waals surface area contributed by atoms with Gasteiger partial charge < -0.3 is 0 Å². The zero-order valence-corrected chi connectivity index (χ0v) is 17.3. The number of thiazole rings is 1. The highest BCUT2D eigenvalue weighted by molar-refractivity contribution is 7.89. The predicted molar refractivity (Wildman–Crippen MR) is 101 cm³/mol. The molecule has 2 aromatic rings. The molecule has 2 rings (SSSR count). The first-order valence-electron chi connectivity index (χ1n) is 8.53. The van der Waals surface area contributed by atoms with Crippen molar-refractivity contribution in [3.05, 3.63) is 51.0 Å². The van der Waals surface area contributed by atoms with Gasteiger partial charge in [-0.2, -0.15) is 17.5 Å². The summed E-state index contributed by atoms with van der Waals surface area (Å²) in [6.07, 6.45) is -3.45. The standard InChI is InChI=1S/C18H23F3N2O2S2/c1-5-16-22-12(2)17(26-16)13(3)23(4)27(24,25)11-10-14-6-8-15(9-7-14)18(19,20)21/h6-9,13H,5,10-11H2,1-4H3. The number of aryl methyl sites for hydroxylation is 3. The SMILES string of the molecule is CCc1nc(C)c(C(C)N(C)S(=O)(=O)CCc2ccc(C(F)(F)F)cc2)s1. The zero-order valence-electron chi connectivity index (χ0n) is 15.7. The molecule has 1 atom stereocenters. The lowest BCUT2D eigenvalue weighted by atomic mass is 10.1. The lowest BCUT2D eigenvalue weighted by molar-refractivity contribution is -0.137. The Labute approximate surface area is 162 Å². The predicted octanol–water partition coefficient (Wildman–Crippen LogP) is 4.60.